The molecule has 3 fully saturated rings. The Labute approximate surface area is 234 Å². The molecule has 0 aromatic heterocycles. The molecule has 1 heterocycles. The number of hydrogen-bond donors (Lipinski definition) is 1. The van der Waals surface area contributed by atoms with Gasteiger partial charge in [-0.15, -0.1) is 0 Å². The van der Waals surface area contributed by atoms with E-state index in [0.717, 1.165) is 0 Å². The third-order valence-electron chi connectivity index (χ3n) is 9.56. The normalized spacial score (nSPS) is 42.5. The Balaban J connectivity index is 1.63. The van der Waals surface area contributed by atoms with E-state index in [4.69, 9.17) is 18.9 Å². The van der Waals surface area contributed by atoms with Crippen molar-refractivity contribution in [2.45, 2.75) is 90.5 Å². The van der Waals surface area contributed by atoms with Crippen molar-refractivity contribution in [3.8, 4) is 0 Å². The van der Waals surface area contributed by atoms with E-state index >= 15 is 0 Å². The minimum absolute atomic E-state index is 0.207. The summed E-state index contributed by atoms with van der Waals surface area (Å²) in [4.78, 5) is 51.8. The molecule has 40 heavy (non-hydrogen) atoms. The third-order valence-corrected chi connectivity index (χ3v) is 9.56. The number of benzene rings is 1. The van der Waals surface area contributed by atoms with Crippen LogP contribution in [0.2, 0.25) is 0 Å². The molecule has 5 rings (SSSR count). The lowest BCUT2D eigenvalue weighted by molar-refractivity contribution is -0.154. The Morgan fingerprint density at radius 1 is 0.950 bits per heavy atom. The van der Waals surface area contributed by atoms with Crippen LogP contribution in [-0.4, -0.2) is 64.4 Å². The second-order valence-electron chi connectivity index (χ2n) is 12.6. The van der Waals surface area contributed by atoms with Crippen LogP contribution in [0.1, 0.15) is 65.2 Å². The molecule has 9 nitrogen and oxygen atoms in total. The predicted octanol–water partition coefficient (Wildman–Crippen LogP) is 3.42. The molecule has 1 N–H and O–H groups in total. The first-order chi connectivity index (χ1) is 18.7. The molecule has 0 radical (unpaired) electrons. The maximum atomic E-state index is 14.3. The van der Waals surface area contributed by atoms with Gasteiger partial charge in [0.2, 0.25) is 0 Å². The summed E-state index contributed by atoms with van der Waals surface area (Å²) in [7, 11) is 0. The monoisotopic (exact) mass is 554 g/mol. The molecular weight excluding hydrogens is 516 g/mol. The van der Waals surface area contributed by atoms with Crippen molar-refractivity contribution in [1.29, 1.82) is 0 Å². The van der Waals surface area contributed by atoms with Gasteiger partial charge in [0.15, 0.2) is 17.0 Å². The SMILES string of the molecule is CC(=O)O[C@@H]1[C@@H]2[C@H]([C@@H](OC(=O)c3ccccc3)[C@H](O)/C(C)=C\[C@@]34O[C@@]3(C[C@H](C)[C@@H]4OC(C)=O)C(=O)[C@@H]1C)C2(C)C. The Kier molecular flexibility index (Phi) is 6.78. The van der Waals surface area contributed by atoms with Crippen molar-refractivity contribution < 1.29 is 43.2 Å². The molecular formula is C31H38O9. The first kappa shape index (κ1) is 28.5. The number of esters is 3. The van der Waals surface area contributed by atoms with Crippen LogP contribution in [0, 0.1) is 29.1 Å². The number of carbonyl (C=O) groups excluding carboxylic acids is 4. The van der Waals surface area contributed by atoms with Crippen LogP contribution in [0.4, 0.5) is 0 Å². The fourth-order valence-corrected chi connectivity index (χ4v) is 7.64. The highest BCUT2D eigenvalue weighted by Crippen LogP contribution is 2.68. The zero-order valence-electron chi connectivity index (χ0n) is 24.0. The highest BCUT2D eigenvalue weighted by Gasteiger charge is 2.84. The maximum absolute atomic E-state index is 14.3. The summed E-state index contributed by atoms with van der Waals surface area (Å²) in [6, 6.07) is 8.51. The molecule has 0 unspecified atom stereocenters. The zero-order valence-corrected chi connectivity index (χ0v) is 24.0. The highest BCUT2D eigenvalue weighted by molar-refractivity contribution is 5.96. The summed E-state index contributed by atoms with van der Waals surface area (Å²) >= 11 is 0. The van der Waals surface area contributed by atoms with Crippen molar-refractivity contribution in [3.05, 3.63) is 47.5 Å². The van der Waals surface area contributed by atoms with Gasteiger partial charge in [-0.3, -0.25) is 14.4 Å². The summed E-state index contributed by atoms with van der Waals surface area (Å²) in [5.74, 6) is -3.63. The van der Waals surface area contributed by atoms with Crippen molar-refractivity contribution in [2.75, 3.05) is 0 Å². The van der Waals surface area contributed by atoms with Gasteiger partial charge in [-0.25, -0.2) is 4.79 Å². The molecule has 2 saturated carbocycles. The topological polar surface area (TPSA) is 129 Å². The summed E-state index contributed by atoms with van der Waals surface area (Å²) in [5.41, 5.74) is -2.33. The maximum Gasteiger partial charge on any atom is 0.338 e. The Morgan fingerprint density at radius 2 is 1.55 bits per heavy atom. The second kappa shape index (κ2) is 9.52. The number of Topliss-reactive ketones (excluding diaryl/α,β-unsaturated/α-hetero) is 1. The molecule has 216 valence electrons. The van der Waals surface area contributed by atoms with Gasteiger partial charge in [0.1, 0.15) is 24.4 Å². The Bertz CT molecular complexity index is 1270. The lowest BCUT2D eigenvalue weighted by atomic mass is 9.80. The van der Waals surface area contributed by atoms with Gasteiger partial charge in [-0.1, -0.05) is 45.9 Å². The van der Waals surface area contributed by atoms with Gasteiger partial charge in [-0.2, -0.15) is 0 Å². The lowest BCUT2D eigenvalue weighted by Crippen LogP contribution is -2.43. The minimum Gasteiger partial charge on any atom is -0.461 e. The summed E-state index contributed by atoms with van der Waals surface area (Å²) in [6.07, 6.45) is -1.86. The smallest absolute Gasteiger partial charge is 0.338 e. The first-order valence-corrected chi connectivity index (χ1v) is 13.9. The molecule has 9 heteroatoms. The van der Waals surface area contributed by atoms with Crippen LogP contribution in [-0.2, 0) is 33.3 Å². The second-order valence-corrected chi connectivity index (χ2v) is 12.6. The fourth-order valence-electron chi connectivity index (χ4n) is 7.64. The van der Waals surface area contributed by atoms with Gasteiger partial charge in [0.05, 0.1) is 11.5 Å². The minimum atomic E-state index is -1.29. The summed E-state index contributed by atoms with van der Waals surface area (Å²) < 4.78 is 23.8. The standard InChI is InChI=1S/C31H38O9/c1-15-13-31-27(38-19(5)33)16(2)14-30(31,40-31)26(35)17(3)24(37-18(4)32)21-22(29(21,6)7)25(23(15)34)39-28(36)20-11-9-8-10-12-20/h8-13,16-17,21-25,27,34H,14H2,1-7H3/b15-13-/t16-,17+,21-,22+,23+,24-,25+,27-,30-,31-/m0/s1. The van der Waals surface area contributed by atoms with Gasteiger partial charge in [-0.05, 0) is 48.5 Å². The predicted molar refractivity (Wildman–Crippen MR) is 142 cm³/mol. The number of aliphatic hydroxyl groups is 1. The van der Waals surface area contributed by atoms with Crippen LogP contribution in [0.25, 0.3) is 0 Å². The molecule has 1 saturated heterocycles. The zero-order chi connectivity index (χ0) is 29.4. The van der Waals surface area contributed by atoms with E-state index in [2.05, 4.69) is 0 Å². The van der Waals surface area contributed by atoms with Crippen LogP contribution in [0.15, 0.2) is 42.0 Å². The molecule has 1 aromatic rings. The quantitative estimate of drug-likeness (QED) is 0.258. The molecule has 0 spiro atoms. The fraction of sp³-hybridized carbons (Fsp3) is 0.613. The van der Waals surface area contributed by atoms with Crippen molar-refractivity contribution in [3.63, 3.8) is 0 Å². The Morgan fingerprint density at radius 3 is 2.15 bits per heavy atom. The van der Waals surface area contributed by atoms with Gasteiger partial charge < -0.3 is 24.1 Å². The van der Waals surface area contributed by atoms with Crippen LogP contribution < -0.4 is 0 Å². The van der Waals surface area contributed by atoms with E-state index in [1.807, 2.05) is 20.8 Å². The summed E-state index contributed by atoms with van der Waals surface area (Å²) in [5, 5.41) is 11.8. The molecule has 1 aliphatic heterocycles. The number of fused-ring (bicyclic) bond motifs is 1. The third kappa shape index (κ3) is 4.20. The number of epoxide rings is 1. The number of hydrogen-bond acceptors (Lipinski definition) is 9. The van der Waals surface area contributed by atoms with E-state index in [9.17, 15) is 24.3 Å². The van der Waals surface area contributed by atoms with Crippen molar-refractivity contribution in [2.24, 2.45) is 29.1 Å². The van der Waals surface area contributed by atoms with Crippen molar-refractivity contribution >= 4 is 23.7 Å². The lowest BCUT2D eigenvalue weighted by Gasteiger charge is -2.28. The van der Waals surface area contributed by atoms with Crippen LogP contribution in [0.5, 0.6) is 0 Å². The average Bonchev–Trinajstić information content (AvgIpc) is 3.68. The number of aliphatic hydroxyl groups excluding tert-OH is 1. The molecule has 3 aliphatic carbocycles. The molecule has 10 atom stereocenters. The average molecular weight is 555 g/mol. The van der Waals surface area contributed by atoms with Gasteiger partial charge in [0, 0.05) is 25.7 Å². The highest BCUT2D eigenvalue weighted by atomic mass is 16.7. The molecule has 4 aliphatic rings. The van der Waals surface area contributed by atoms with E-state index in [1.54, 1.807) is 50.3 Å². The number of rotatable bonds is 4. The van der Waals surface area contributed by atoms with Gasteiger partial charge in [0.25, 0.3) is 0 Å². The molecule has 0 amide bonds. The van der Waals surface area contributed by atoms with Crippen LogP contribution in [0.3, 0.4) is 0 Å². The van der Waals surface area contributed by atoms with Crippen LogP contribution >= 0.6 is 0 Å². The Hall–Kier alpha value is -3.04. The van der Waals surface area contributed by atoms with Crippen molar-refractivity contribution in [1.82, 2.24) is 0 Å². The summed E-state index contributed by atoms with van der Waals surface area (Å²) in [6.45, 7) is 11.8. The molecule has 1 aromatic carbocycles. The van der Waals surface area contributed by atoms with Gasteiger partial charge >= 0.3 is 17.9 Å². The van der Waals surface area contributed by atoms with E-state index < -0.39 is 70.8 Å². The number of carbonyl (C=O) groups is 4. The largest absolute Gasteiger partial charge is 0.461 e. The number of ketones is 1. The molecule has 0 bridgehead atoms. The van der Waals surface area contributed by atoms with E-state index in [0.29, 0.717) is 17.6 Å². The van der Waals surface area contributed by atoms with E-state index in [-0.39, 0.29) is 17.6 Å². The number of ether oxygens (including phenoxy) is 4. The first-order valence-electron chi connectivity index (χ1n) is 13.9. The van der Waals surface area contributed by atoms with E-state index in [1.165, 1.54) is 13.8 Å².